The van der Waals surface area contributed by atoms with E-state index >= 15 is 0 Å². The van der Waals surface area contributed by atoms with E-state index in [2.05, 4.69) is 4.98 Å². The summed E-state index contributed by atoms with van der Waals surface area (Å²) in [4.78, 5) is 15.9. The minimum absolute atomic E-state index is 0.356. The number of nitrogens with zero attached hydrogens (tertiary/aromatic N) is 1. The Morgan fingerprint density at radius 3 is 2.65 bits per heavy atom. The molecule has 0 aliphatic rings. The lowest BCUT2D eigenvalue weighted by atomic mass is 10.2. The largest absolute Gasteiger partial charge is 0.290 e. The minimum Gasteiger partial charge on any atom is -0.290 e. The van der Waals surface area contributed by atoms with Crippen molar-refractivity contribution in [1.29, 1.82) is 0 Å². The Kier molecular flexibility index (Phi) is 4.65. The van der Waals surface area contributed by atoms with Crippen molar-refractivity contribution in [3.8, 4) is 0 Å². The van der Waals surface area contributed by atoms with Crippen molar-refractivity contribution in [2.24, 2.45) is 5.84 Å². The van der Waals surface area contributed by atoms with Crippen LogP contribution in [0.3, 0.4) is 0 Å². The predicted octanol–water partition coefficient (Wildman–Crippen LogP) is 2.26. The first-order chi connectivity index (χ1) is 9.60. The zero-order valence-electron chi connectivity index (χ0n) is 10.3. The van der Waals surface area contributed by atoms with Crippen LogP contribution in [0.5, 0.6) is 0 Å². The Morgan fingerprint density at radius 1 is 1.25 bits per heavy atom. The van der Waals surface area contributed by atoms with Crippen LogP contribution < -0.4 is 11.3 Å². The van der Waals surface area contributed by atoms with Gasteiger partial charge in [0.15, 0.2) is 11.6 Å². The van der Waals surface area contributed by atoms with Gasteiger partial charge in [-0.05, 0) is 30.3 Å². The summed E-state index contributed by atoms with van der Waals surface area (Å²) in [5.41, 5.74) is 3.08. The molecule has 3 N–H and O–H groups in total. The molecular formula is C13H11F2N3OS. The number of amides is 1. The number of halogens is 2. The Morgan fingerprint density at radius 2 is 2.05 bits per heavy atom. The number of pyridine rings is 1. The second-order valence-corrected chi connectivity index (χ2v) is 4.93. The van der Waals surface area contributed by atoms with Crippen LogP contribution in [0.2, 0.25) is 0 Å². The molecule has 7 heteroatoms. The van der Waals surface area contributed by atoms with Crippen LogP contribution in [0, 0.1) is 11.6 Å². The highest BCUT2D eigenvalue weighted by molar-refractivity contribution is 7.98. The first-order valence-electron chi connectivity index (χ1n) is 5.64. The van der Waals surface area contributed by atoms with E-state index in [4.69, 9.17) is 5.84 Å². The zero-order valence-corrected chi connectivity index (χ0v) is 11.1. The summed E-state index contributed by atoms with van der Waals surface area (Å²) in [7, 11) is 0. The Labute approximate surface area is 118 Å². The topological polar surface area (TPSA) is 68.0 Å². The summed E-state index contributed by atoms with van der Waals surface area (Å²) in [6.45, 7) is 0. The maximum Gasteiger partial charge on any atom is 0.266 e. The number of carbonyl (C=O) groups excluding carboxylic acids is 1. The number of nitrogens with two attached hydrogens (primary N) is 1. The Balaban J connectivity index is 2.00. The van der Waals surface area contributed by atoms with Crippen molar-refractivity contribution < 1.29 is 13.6 Å². The second kappa shape index (κ2) is 6.44. The van der Waals surface area contributed by atoms with Crippen LogP contribution in [-0.4, -0.2) is 10.9 Å². The third kappa shape index (κ3) is 3.52. The molecule has 1 aromatic carbocycles. The van der Waals surface area contributed by atoms with E-state index in [0.29, 0.717) is 21.9 Å². The molecule has 0 fully saturated rings. The highest BCUT2D eigenvalue weighted by Crippen LogP contribution is 2.23. The van der Waals surface area contributed by atoms with Gasteiger partial charge < -0.3 is 0 Å². The molecule has 1 amide bonds. The van der Waals surface area contributed by atoms with E-state index in [1.54, 1.807) is 12.1 Å². The number of nitrogen functional groups attached to an aromatic ring is 1. The van der Waals surface area contributed by atoms with Gasteiger partial charge in [0.25, 0.3) is 5.91 Å². The SMILES string of the molecule is NNC(=O)c1ccc(CSc2ccc(F)c(F)c2)nc1. The standard InChI is InChI=1S/C13H11F2N3OS/c14-11-4-3-10(5-12(11)15)20-7-9-2-1-8(6-17-9)13(19)18-16/h1-6H,7,16H2,(H,18,19). The fourth-order valence-corrected chi connectivity index (χ4v) is 2.29. The number of hydrogen-bond donors (Lipinski definition) is 2. The van der Waals surface area contributed by atoms with Gasteiger partial charge in [-0.15, -0.1) is 11.8 Å². The molecule has 1 aromatic heterocycles. The average Bonchev–Trinajstić information content (AvgIpc) is 2.48. The summed E-state index contributed by atoms with van der Waals surface area (Å²) in [6.07, 6.45) is 1.41. The first-order valence-corrected chi connectivity index (χ1v) is 6.62. The summed E-state index contributed by atoms with van der Waals surface area (Å²) in [6, 6.07) is 6.99. The summed E-state index contributed by atoms with van der Waals surface area (Å²) < 4.78 is 25.8. The molecule has 0 bridgehead atoms. The van der Waals surface area contributed by atoms with Gasteiger partial charge in [0.1, 0.15) is 0 Å². The quantitative estimate of drug-likeness (QED) is 0.393. The molecule has 104 valence electrons. The molecule has 0 spiro atoms. The van der Waals surface area contributed by atoms with Gasteiger partial charge in [-0.3, -0.25) is 15.2 Å². The van der Waals surface area contributed by atoms with Gasteiger partial charge >= 0.3 is 0 Å². The predicted molar refractivity (Wildman–Crippen MR) is 71.8 cm³/mol. The number of benzene rings is 1. The van der Waals surface area contributed by atoms with Gasteiger partial charge in [0, 0.05) is 16.8 Å². The molecule has 1 heterocycles. The monoisotopic (exact) mass is 295 g/mol. The lowest BCUT2D eigenvalue weighted by molar-refractivity contribution is 0.0953. The molecule has 0 unspecified atom stereocenters. The third-order valence-corrected chi connectivity index (χ3v) is 3.52. The van der Waals surface area contributed by atoms with Crippen LogP contribution in [0.15, 0.2) is 41.4 Å². The van der Waals surface area contributed by atoms with E-state index in [0.717, 1.165) is 12.1 Å². The summed E-state index contributed by atoms with van der Waals surface area (Å²) in [5, 5.41) is 0. The van der Waals surface area contributed by atoms with Crippen molar-refractivity contribution >= 4 is 17.7 Å². The number of thioether (sulfide) groups is 1. The minimum atomic E-state index is -0.877. The molecule has 2 aromatic rings. The zero-order chi connectivity index (χ0) is 14.5. The number of hydrogen-bond acceptors (Lipinski definition) is 4. The average molecular weight is 295 g/mol. The van der Waals surface area contributed by atoms with Gasteiger partial charge in [-0.2, -0.15) is 0 Å². The molecular weight excluding hydrogens is 284 g/mol. The molecule has 0 saturated heterocycles. The summed E-state index contributed by atoms with van der Waals surface area (Å²) in [5.74, 6) is 3.32. The fraction of sp³-hybridized carbons (Fsp3) is 0.0769. The Bertz CT molecular complexity index is 620. The van der Waals surface area contributed by atoms with E-state index in [1.165, 1.54) is 24.0 Å². The number of nitrogens with one attached hydrogen (secondary N) is 1. The lowest BCUT2D eigenvalue weighted by Gasteiger charge is -2.03. The van der Waals surface area contributed by atoms with Gasteiger partial charge in [0.05, 0.1) is 11.3 Å². The molecule has 0 saturated carbocycles. The number of rotatable bonds is 4. The van der Waals surface area contributed by atoms with E-state index in [9.17, 15) is 13.6 Å². The van der Waals surface area contributed by atoms with Crippen LogP contribution in [0.1, 0.15) is 16.1 Å². The summed E-state index contributed by atoms with van der Waals surface area (Å²) >= 11 is 1.32. The van der Waals surface area contributed by atoms with Crippen molar-refractivity contribution in [2.75, 3.05) is 0 Å². The number of aromatic nitrogens is 1. The molecule has 0 aliphatic heterocycles. The fourth-order valence-electron chi connectivity index (χ4n) is 1.45. The highest BCUT2D eigenvalue weighted by Gasteiger charge is 2.06. The number of carbonyl (C=O) groups is 1. The van der Waals surface area contributed by atoms with Gasteiger partial charge in [-0.25, -0.2) is 14.6 Å². The van der Waals surface area contributed by atoms with Crippen molar-refractivity contribution in [2.45, 2.75) is 10.6 Å². The maximum atomic E-state index is 13.0. The van der Waals surface area contributed by atoms with Crippen molar-refractivity contribution in [1.82, 2.24) is 10.4 Å². The Hall–Kier alpha value is -1.99. The first kappa shape index (κ1) is 14.4. The van der Waals surface area contributed by atoms with Crippen LogP contribution in [0.4, 0.5) is 8.78 Å². The molecule has 0 atom stereocenters. The van der Waals surface area contributed by atoms with Crippen LogP contribution in [-0.2, 0) is 5.75 Å². The van der Waals surface area contributed by atoms with E-state index < -0.39 is 17.5 Å². The number of hydrazine groups is 1. The highest BCUT2D eigenvalue weighted by atomic mass is 32.2. The van der Waals surface area contributed by atoms with Crippen molar-refractivity contribution in [3.05, 3.63) is 59.4 Å². The van der Waals surface area contributed by atoms with Crippen molar-refractivity contribution in [3.63, 3.8) is 0 Å². The normalized spacial score (nSPS) is 10.3. The molecule has 20 heavy (non-hydrogen) atoms. The maximum absolute atomic E-state index is 13.0. The van der Waals surface area contributed by atoms with E-state index in [-0.39, 0.29) is 0 Å². The second-order valence-electron chi connectivity index (χ2n) is 3.88. The molecule has 0 aliphatic carbocycles. The lowest BCUT2D eigenvalue weighted by Crippen LogP contribution is -2.30. The molecule has 0 radical (unpaired) electrons. The van der Waals surface area contributed by atoms with Crippen LogP contribution >= 0.6 is 11.8 Å². The van der Waals surface area contributed by atoms with E-state index in [1.807, 2.05) is 5.43 Å². The smallest absolute Gasteiger partial charge is 0.266 e. The molecule has 4 nitrogen and oxygen atoms in total. The van der Waals surface area contributed by atoms with Gasteiger partial charge in [-0.1, -0.05) is 0 Å². The van der Waals surface area contributed by atoms with Crippen LogP contribution in [0.25, 0.3) is 0 Å². The third-order valence-electron chi connectivity index (χ3n) is 2.50. The molecule has 2 rings (SSSR count). The van der Waals surface area contributed by atoms with Gasteiger partial charge in [0.2, 0.25) is 0 Å².